The molecule has 1 N–H and O–H groups in total. The number of hydrogen-bond donors (Lipinski definition) is 1. The standard InChI is InChI=1S/C18H18FN3O/c1-2-22(11-13-6-8-20-9-7-13)12-14-10-17(23)15-4-3-5-16(19)18(15)21-14/h3-10H,2,11-12H2,1H3,(H,21,23). The van der Waals surface area contributed by atoms with E-state index in [0.717, 1.165) is 18.7 Å². The minimum absolute atomic E-state index is 0.159. The second kappa shape index (κ2) is 6.71. The van der Waals surface area contributed by atoms with Crippen molar-refractivity contribution in [3.63, 3.8) is 0 Å². The molecule has 0 aliphatic rings. The topological polar surface area (TPSA) is 49.0 Å². The highest BCUT2D eigenvalue weighted by atomic mass is 19.1. The van der Waals surface area contributed by atoms with Gasteiger partial charge in [0.1, 0.15) is 5.82 Å². The lowest BCUT2D eigenvalue weighted by Crippen LogP contribution is -2.23. The second-order valence-electron chi connectivity index (χ2n) is 5.48. The maximum Gasteiger partial charge on any atom is 0.189 e. The van der Waals surface area contributed by atoms with Gasteiger partial charge in [0.25, 0.3) is 0 Å². The minimum atomic E-state index is -0.404. The second-order valence-corrected chi connectivity index (χ2v) is 5.48. The lowest BCUT2D eigenvalue weighted by atomic mass is 10.1. The Kier molecular flexibility index (Phi) is 4.48. The molecule has 0 unspecified atom stereocenters. The first-order valence-corrected chi connectivity index (χ1v) is 7.59. The lowest BCUT2D eigenvalue weighted by molar-refractivity contribution is 0.268. The first-order chi connectivity index (χ1) is 11.2. The number of H-pyrrole nitrogens is 1. The number of pyridine rings is 2. The molecule has 0 saturated heterocycles. The number of halogens is 1. The molecule has 0 atom stereocenters. The summed E-state index contributed by atoms with van der Waals surface area (Å²) in [5.74, 6) is -0.404. The molecule has 0 radical (unpaired) electrons. The van der Waals surface area contributed by atoms with Crippen molar-refractivity contribution in [3.8, 4) is 0 Å². The molecule has 5 heteroatoms. The van der Waals surface area contributed by atoms with Gasteiger partial charge in [-0.2, -0.15) is 0 Å². The molecule has 4 nitrogen and oxygen atoms in total. The molecular formula is C18H18FN3O. The fourth-order valence-electron chi connectivity index (χ4n) is 2.64. The summed E-state index contributed by atoms with van der Waals surface area (Å²) >= 11 is 0. The Balaban J connectivity index is 1.88. The molecule has 0 bridgehead atoms. The minimum Gasteiger partial charge on any atom is -0.355 e. The molecule has 3 aromatic rings. The van der Waals surface area contributed by atoms with Gasteiger partial charge in [-0.15, -0.1) is 0 Å². The van der Waals surface area contributed by atoms with Crippen LogP contribution in [0.15, 0.2) is 53.6 Å². The third kappa shape index (κ3) is 3.46. The molecule has 0 aliphatic heterocycles. The van der Waals surface area contributed by atoms with Gasteiger partial charge in [0, 0.05) is 42.6 Å². The van der Waals surface area contributed by atoms with E-state index in [0.29, 0.717) is 17.6 Å². The Morgan fingerprint density at radius 2 is 1.96 bits per heavy atom. The van der Waals surface area contributed by atoms with Gasteiger partial charge in [0.15, 0.2) is 5.43 Å². The number of hydrogen-bond acceptors (Lipinski definition) is 3. The number of para-hydroxylation sites is 1. The van der Waals surface area contributed by atoms with Crippen molar-refractivity contribution in [1.82, 2.24) is 14.9 Å². The zero-order valence-electron chi connectivity index (χ0n) is 12.9. The summed E-state index contributed by atoms with van der Waals surface area (Å²) in [5.41, 5.74) is 1.97. The van der Waals surface area contributed by atoms with Crippen LogP contribution >= 0.6 is 0 Å². The largest absolute Gasteiger partial charge is 0.355 e. The van der Waals surface area contributed by atoms with Gasteiger partial charge >= 0.3 is 0 Å². The van der Waals surface area contributed by atoms with Crippen LogP contribution in [0.1, 0.15) is 18.2 Å². The van der Waals surface area contributed by atoms with Gasteiger partial charge in [0.05, 0.1) is 5.52 Å². The van der Waals surface area contributed by atoms with Gasteiger partial charge in [0.2, 0.25) is 0 Å². The predicted octanol–water partition coefficient (Wildman–Crippen LogP) is 3.08. The number of aromatic amines is 1. The van der Waals surface area contributed by atoms with E-state index >= 15 is 0 Å². The van der Waals surface area contributed by atoms with Crippen LogP contribution in [0.3, 0.4) is 0 Å². The molecule has 3 rings (SSSR count). The molecule has 23 heavy (non-hydrogen) atoms. The van der Waals surface area contributed by atoms with E-state index in [4.69, 9.17) is 0 Å². The highest BCUT2D eigenvalue weighted by molar-refractivity contribution is 5.78. The van der Waals surface area contributed by atoms with Crippen molar-refractivity contribution < 1.29 is 4.39 Å². The van der Waals surface area contributed by atoms with Crippen molar-refractivity contribution in [2.75, 3.05) is 6.54 Å². The number of rotatable bonds is 5. The van der Waals surface area contributed by atoms with Crippen LogP contribution in [0, 0.1) is 5.82 Å². The maximum atomic E-state index is 13.9. The van der Waals surface area contributed by atoms with E-state index < -0.39 is 5.82 Å². The monoisotopic (exact) mass is 311 g/mol. The highest BCUT2D eigenvalue weighted by Gasteiger charge is 2.10. The van der Waals surface area contributed by atoms with E-state index in [-0.39, 0.29) is 10.9 Å². The van der Waals surface area contributed by atoms with Gasteiger partial charge < -0.3 is 4.98 Å². The number of nitrogens with one attached hydrogen (secondary N) is 1. The van der Waals surface area contributed by atoms with Gasteiger partial charge in [-0.1, -0.05) is 13.0 Å². The molecule has 0 amide bonds. The molecule has 0 saturated carbocycles. The number of benzene rings is 1. The van der Waals surface area contributed by atoms with Crippen LogP contribution in [-0.4, -0.2) is 21.4 Å². The Morgan fingerprint density at radius 1 is 1.17 bits per heavy atom. The van der Waals surface area contributed by atoms with Crippen LogP contribution < -0.4 is 5.43 Å². The van der Waals surface area contributed by atoms with Crippen LogP contribution in [0.25, 0.3) is 10.9 Å². The maximum absolute atomic E-state index is 13.9. The normalized spacial score (nSPS) is 11.3. The summed E-state index contributed by atoms with van der Waals surface area (Å²) in [6.45, 7) is 4.18. The Bertz CT molecular complexity index is 861. The van der Waals surface area contributed by atoms with Crippen molar-refractivity contribution in [2.24, 2.45) is 0 Å². The predicted molar refractivity (Wildman–Crippen MR) is 88.6 cm³/mol. The van der Waals surface area contributed by atoms with Gasteiger partial charge in [-0.3, -0.25) is 14.7 Å². The number of nitrogens with zero attached hydrogens (tertiary/aromatic N) is 2. The van der Waals surface area contributed by atoms with Crippen LogP contribution in [0.5, 0.6) is 0 Å². The molecule has 2 heterocycles. The first-order valence-electron chi connectivity index (χ1n) is 7.59. The Morgan fingerprint density at radius 3 is 2.70 bits per heavy atom. The van der Waals surface area contributed by atoms with E-state index in [2.05, 4.69) is 21.8 Å². The van der Waals surface area contributed by atoms with E-state index in [1.165, 1.54) is 6.07 Å². The molecule has 1 aromatic carbocycles. The van der Waals surface area contributed by atoms with Crippen LogP contribution in [-0.2, 0) is 13.1 Å². The Labute approximate surface area is 133 Å². The number of aromatic nitrogens is 2. The summed E-state index contributed by atoms with van der Waals surface area (Å²) in [5, 5.41) is 0.380. The van der Waals surface area contributed by atoms with Crippen molar-refractivity contribution in [2.45, 2.75) is 20.0 Å². The molecule has 0 fully saturated rings. The molecule has 2 aromatic heterocycles. The third-order valence-corrected chi connectivity index (χ3v) is 3.87. The zero-order chi connectivity index (χ0) is 16.2. The molecule has 118 valence electrons. The third-order valence-electron chi connectivity index (χ3n) is 3.87. The average molecular weight is 311 g/mol. The lowest BCUT2D eigenvalue weighted by Gasteiger charge is -2.20. The molecule has 0 spiro atoms. The smallest absolute Gasteiger partial charge is 0.189 e. The van der Waals surface area contributed by atoms with Crippen molar-refractivity contribution >= 4 is 10.9 Å². The van der Waals surface area contributed by atoms with Crippen molar-refractivity contribution in [3.05, 3.63) is 76.1 Å². The summed E-state index contributed by atoms with van der Waals surface area (Å²) < 4.78 is 13.9. The van der Waals surface area contributed by atoms with E-state index in [1.807, 2.05) is 12.1 Å². The summed E-state index contributed by atoms with van der Waals surface area (Å²) in [7, 11) is 0. The van der Waals surface area contributed by atoms with Crippen LogP contribution in [0.4, 0.5) is 4.39 Å². The highest BCUT2D eigenvalue weighted by Crippen LogP contribution is 2.14. The van der Waals surface area contributed by atoms with Crippen LogP contribution in [0.2, 0.25) is 0 Å². The molecule has 0 aliphatic carbocycles. The van der Waals surface area contributed by atoms with E-state index in [1.54, 1.807) is 30.6 Å². The quantitative estimate of drug-likeness (QED) is 0.788. The number of fused-ring (bicyclic) bond motifs is 1. The summed E-state index contributed by atoms with van der Waals surface area (Å²) in [6, 6.07) is 10.0. The Hall–Kier alpha value is -2.53. The fourth-order valence-corrected chi connectivity index (χ4v) is 2.64. The van der Waals surface area contributed by atoms with Crippen molar-refractivity contribution in [1.29, 1.82) is 0 Å². The average Bonchev–Trinajstić information content (AvgIpc) is 2.56. The zero-order valence-corrected chi connectivity index (χ0v) is 12.9. The van der Waals surface area contributed by atoms with Gasteiger partial charge in [-0.25, -0.2) is 4.39 Å². The SMILES string of the molecule is CCN(Cc1ccncc1)Cc1cc(=O)c2cccc(F)c2[nH]1. The molecular weight excluding hydrogens is 293 g/mol. The van der Waals surface area contributed by atoms with Gasteiger partial charge in [-0.05, 0) is 36.4 Å². The summed E-state index contributed by atoms with van der Waals surface area (Å²) in [4.78, 5) is 21.4. The first kappa shape index (κ1) is 15.4. The summed E-state index contributed by atoms with van der Waals surface area (Å²) in [6.07, 6.45) is 3.52. The van der Waals surface area contributed by atoms with E-state index in [9.17, 15) is 9.18 Å². The fraction of sp³-hybridized carbons (Fsp3) is 0.222.